The van der Waals surface area contributed by atoms with Crippen molar-refractivity contribution in [3.8, 4) is 5.69 Å². The molecule has 8 aromatic rings. The second-order valence-electron chi connectivity index (χ2n) is 11.6. The van der Waals surface area contributed by atoms with E-state index in [0.29, 0.717) is 6.67 Å². The fourth-order valence-corrected chi connectivity index (χ4v) is 7.06. The molecule has 0 amide bonds. The number of nitrogens with zero attached hydrogens (tertiary/aromatic N) is 3. The Kier molecular flexibility index (Phi) is 5.87. The lowest BCUT2D eigenvalue weighted by Gasteiger charge is -2.25. The highest BCUT2D eigenvalue weighted by atomic mass is 15.7. The normalized spacial score (nSPS) is 17.4. The fourth-order valence-electron chi connectivity index (χ4n) is 7.06. The van der Waals surface area contributed by atoms with Crippen molar-refractivity contribution >= 4 is 43.6 Å². The number of hydrazine groups is 1. The molecule has 2 aromatic heterocycles. The second-order valence-corrected chi connectivity index (χ2v) is 11.6. The molecule has 0 aliphatic carbocycles. The summed E-state index contributed by atoms with van der Waals surface area (Å²) in [5.74, 6) is 0. The van der Waals surface area contributed by atoms with Gasteiger partial charge in [-0.15, -0.1) is 0 Å². The zero-order valence-electron chi connectivity index (χ0n) is 24.1. The van der Waals surface area contributed by atoms with Crippen LogP contribution in [0.3, 0.4) is 0 Å². The molecule has 1 fully saturated rings. The number of hydrogen-bond acceptors (Lipinski definition) is 3. The van der Waals surface area contributed by atoms with Crippen LogP contribution in [0, 0.1) is 0 Å². The lowest BCUT2D eigenvalue weighted by atomic mass is 10.1. The van der Waals surface area contributed by atoms with Crippen molar-refractivity contribution < 1.29 is 0 Å². The molecule has 5 heteroatoms. The third-order valence-corrected chi connectivity index (χ3v) is 9.07. The molecule has 6 aromatic carbocycles. The minimum absolute atomic E-state index is 0.00879. The van der Waals surface area contributed by atoms with Gasteiger partial charge in [0.15, 0.2) is 0 Å². The van der Waals surface area contributed by atoms with Crippen LogP contribution in [0.5, 0.6) is 0 Å². The molecule has 0 radical (unpaired) electrons. The highest BCUT2D eigenvalue weighted by molar-refractivity contribution is 6.11. The first kappa shape index (κ1) is 25.3. The molecular weight excluding hydrogens is 538 g/mol. The Bertz CT molecular complexity index is 2230. The van der Waals surface area contributed by atoms with Gasteiger partial charge >= 0.3 is 0 Å². The maximum Gasteiger partial charge on any atom is 0.103 e. The molecule has 44 heavy (non-hydrogen) atoms. The maximum absolute atomic E-state index is 3.84. The summed E-state index contributed by atoms with van der Waals surface area (Å²) in [6, 6.07) is 54.4. The van der Waals surface area contributed by atoms with Gasteiger partial charge in [0.25, 0.3) is 0 Å². The average Bonchev–Trinajstić information content (AvgIpc) is 3.76. The van der Waals surface area contributed by atoms with Gasteiger partial charge in [0.2, 0.25) is 0 Å². The van der Waals surface area contributed by atoms with Crippen LogP contribution < -0.4 is 10.7 Å². The van der Waals surface area contributed by atoms with Crippen molar-refractivity contribution in [1.82, 2.24) is 24.9 Å². The summed E-state index contributed by atoms with van der Waals surface area (Å²) >= 11 is 0. The monoisotopic (exact) mass is 569 g/mol. The highest BCUT2D eigenvalue weighted by Crippen LogP contribution is 2.37. The molecule has 1 aliphatic rings. The summed E-state index contributed by atoms with van der Waals surface area (Å²) in [5, 5.41) is 11.2. The lowest BCUT2D eigenvalue weighted by Crippen LogP contribution is -2.35. The third kappa shape index (κ3) is 3.98. The standard InChI is InChI=1S/C39H31N5/c1-3-13-27(14-4-1)38-40-39(28-15-5-2-6-16-28)43(41-38)26-42-34-20-10-7-19-32(34)33-25-29(23-24-35(33)42)44-36-21-11-8-17-30(36)31-18-9-12-22-37(31)44/h1-25,38-41H,26H2. The lowest BCUT2D eigenvalue weighted by molar-refractivity contribution is 0.133. The molecule has 212 valence electrons. The van der Waals surface area contributed by atoms with E-state index >= 15 is 0 Å². The van der Waals surface area contributed by atoms with Crippen molar-refractivity contribution in [1.29, 1.82) is 0 Å². The van der Waals surface area contributed by atoms with Gasteiger partial charge in [-0.2, -0.15) is 0 Å². The number of benzene rings is 6. The van der Waals surface area contributed by atoms with Gasteiger partial charge < -0.3 is 9.13 Å². The molecule has 1 aliphatic heterocycles. The van der Waals surface area contributed by atoms with Crippen LogP contribution in [-0.2, 0) is 6.67 Å². The zero-order valence-corrected chi connectivity index (χ0v) is 24.1. The number of aromatic nitrogens is 2. The van der Waals surface area contributed by atoms with Gasteiger partial charge in [-0.05, 0) is 47.5 Å². The van der Waals surface area contributed by atoms with E-state index in [-0.39, 0.29) is 12.3 Å². The molecule has 0 spiro atoms. The topological polar surface area (TPSA) is 37.2 Å². The van der Waals surface area contributed by atoms with Crippen molar-refractivity contribution in [2.45, 2.75) is 19.0 Å². The minimum Gasteiger partial charge on any atom is -0.325 e. The first-order chi connectivity index (χ1) is 21.8. The van der Waals surface area contributed by atoms with E-state index in [1.165, 1.54) is 60.4 Å². The van der Waals surface area contributed by atoms with Crippen LogP contribution in [-0.4, -0.2) is 14.1 Å². The van der Waals surface area contributed by atoms with E-state index in [1.807, 2.05) is 0 Å². The van der Waals surface area contributed by atoms with E-state index in [9.17, 15) is 0 Å². The summed E-state index contributed by atoms with van der Waals surface area (Å²) in [4.78, 5) is 0. The number of fused-ring (bicyclic) bond motifs is 6. The first-order valence-corrected chi connectivity index (χ1v) is 15.2. The molecule has 2 N–H and O–H groups in total. The van der Waals surface area contributed by atoms with E-state index in [0.717, 1.165) is 0 Å². The van der Waals surface area contributed by atoms with Crippen LogP contribution in [0.2, 0.25) is 0 Å². The van der Waals surface area contributed by atoms with Crippen LogP contribution >= 0.6 is 0 Å². The second kappa shape index (κ2) is 10.2. The highest BCUT2D eigenvalue weighted by Gasteiger charge is 2.33. The molecule has 0 saturated carbocycles. The Labute approximate surface area is 255 Å². The molecule has 2 unspecified atom stereocenters. The van der Waals surface area contributed by atoms with Gasteiger partial charge in [0.05, 0.1) is 34.9 Å². The van der Waals surface area contributed by atoms with E-state index in [4.69, 9.17) is 0 Å². The number of rotatable bonds is 5. The van der Waals surface area contributed by atoms with Gasteiger partial charge in [0.1, 0.15) is 6.17 Å². The van der Waals surface area contributed by atoms with Crippen molar-refractivity contribution in [3.05, 3.63) is 163 Å². The summed E-state index contributed by atoms with van der Waals surface area (Å²) in [6.45, 7) is 0.675. The largest absolute Gasteiger partial charge is 0.325 e. The average molecular weight is 570 g/mol. The molecular formula is C39H31N5. The minimum atomic E-state index is 0.00879. The van der Waals surface area contributed by atoms with Crippen LogP contribution in [0.1, 0.15) is 23.5 Å². The Balaban J connectivity index is 1.18. The smallest absolute Gasteiger partial charge is 0.103 e. The summed E-state index contributed by atoms with van der Waals surface area (Å²) < 4.78 is 4.84. The van der Waals surface area contributed by atoms with Crippen molar-refractivity contribution in [2.75, 3.05) is 0 Å². The zero-order chi connectivity index (χ0) is 29.0. The van der Waals surface area contributed by atoms with Crippen LogP contribution in [0.15, 0.2) is 152 Å². The van der Waals surface area contributed by atoms with Gasteiger partial charge in [-0.25, -0.2) is 10.4 Å². The van der Waals surface area contributed by atoms with Crippen molar-refractivity contribution in [2.24, 2.45) is 0 Å². The molecule has 9 rings (SSSR count). The van der Waals surface area contributed by atoms with Gasteiger partial charge in [-0.1, -0.05) is 115 Å². The quantitative estimate of drug-likeness (QED) is 0.218. The number of para-hydroxylation sites is 3. The Morgan fingerprint density at radius 1 is 0.477 bits per heavy atom. The Morgan fingerprint density at radius 2 is 1.00 bits per heavy atom. The van der Waals surface area contributed by atoms with E-state index < -0.39 is 0 Å². The van der Waals surface area contributed by atoms with Crippen LogP contribution in [0.25, 0.3) is 49.3 Å². The SMILES string of the molecule is c1ccc(C2NC(c3ccccc3)N(Cn3c4ccccc4c4cc(-n5c6ccccc6c6ccccc65)ccc43)N2)cc1. The fraction of sp³-hybridized carbons (Fsp3) is 0.0769. The predicted octanol–water partition coefficient (Wildman–Crippen LogP) is 8.66. The molecule has 0 bridgehead atoms. The number of nitrogens with one attached hydrogen (secondary N) is 2. The molecule has 3 heterocycles. The summed E-state index contributed by atoms with van der Waals surface area (Å²) in [7, 11) is 0. The predicted molar refractivity (Wildman–Crippen MR) is 180 cm³/mol. The molecule has 1 saturated heterocycles. The Morgan fingerprint density at radius 3 is 1.66 bits per heavy atom. The number of hydrogen-bond donors (Lipinski definition) is 2. The molecule has 5 nitrogen and oxygen atoms in total. The summed E-state index contributed by atoms with van der Waals surface area (Å²) in [5.41, 5.74) is 12.3. The van der Waals surface area contributed by atoms with Gasteiger partial charge in [0, 0.05) is 27.2 Å². The first-order valence-electron chi connectivity index (χ1n) is 15.2. The van der Waals surface area contributed by atoms with Crippen LogP contribution in [0.4, 0.5) is 0 Å². The Hall–Kier alpha value is -5.20. The molecule has 2 atom stereocenters. The van der Waals surface area contributed by atoms with Gasteiger partial charge in [-0.3, -0.25) is 5.32 Å². The third-order valence-electron chi connectivity index (χ3n) is 9.07. The van der Waals surface area contributed by atoms with E-state index in [1.54, 1.807) is 0 Å². The van der Waals surface area contributed by atoms with E-state index in [2.05, 4.69) is 177 Å². The maximum atomic E-state index is 3.84. The summed E-state index contributed by atoms with van der Waals surface area (Å²) in [6.07, 6.45) is 0.0193. The van der Waals surface area contributed by atoms with Crippen molar-refractivity contribution in [3.63, 3.8) is 0 Å².